The first-order valence-electron chi connectivity index (χ1n) is 17.7. The summed E-state index contributed by atoms with van der Waals surface area (Å²) in [6, 6.07) is 9.42. The second-order valence-corrected chi connectivity index (χ2v) is 13.6. The van der Waals surface area contributed by atoms with Crippen molar-refractivity contribution < 1.29 is 63.7 Å². The van der Waals surface area contributed by atoms with Crippen LogP contribution in [0.1, 0.15) is 103 Å². The predicted molar refractivity (Wildman–Crippen MR) is 180 cm³/mol. The van der Waals surface area contributed by atoms with Crippen LogP contribution in [0.3, 0.4) is 0 Å². The molecule has 2 aliphatic rings. The lowest BCUT2D eigenvalue weighted by Crippen LogP contribution is -2.78. The topological polar surface area (TPSA) is 206 Å². The van der Waals surface area contributed by atoms with Crippen LogP contribution in [-0.4, -0.2) is 97.4 Å². The van der Waals surface area contributed by atoms with Gasteiger partial charge in [-0.1, -0.05) is 109 Å². The second-order valence-electron chi connectivity index (χ2n) is 13.6. The molecule has 3 rings (SSSR count). The number of carbonyl (C=O) groups excluding carboxylic acids is 1. The smallest absolute Gasteiger partial charge is 0.343 e. The van der Waals surface area contributed by atoms with E-state index < -0.39 is 71.7 Å². The van der Waals surface area contributed by atoms with Gasteiger partial charge in [-0.25, -0.2) is 14.4 Å². The van der Waals surface area contributed by atoms with Crippen LogP contribution < -0.4 is 0 Å². The first-order valence-corrected chi connectivity index (χ1v) is 17.7. The molecule has 280 valence electrons. The summed E-state index contributed by atoms with van der Waals surface area (Å²) in [5.74, 6) is -9.34. The molecule has 0 spiro atoms. The minimum absolute atomic E-state index is 0.150. The second kappa shape index (κ2) is 18.2. The largest absolute Gasteiger partial charge is 0.479 e. The Hall–Kier alpha value is -3.36. The lowest BCUT2D eigenvalue weighted by atomic mass is 9.74. The van der Waals surface area contributed by atoms with Gasteiger partial charge < -0.3 is 44.5 Å². The van der Waals surface area contributed by atoms with E-state index in [-0.39, 0.29) is 25.4 Å². The number of hydrogen-bond acceptors (Lipinski definition) is 10. The van der Waals surface area contributed by atoms with E-state index >= 15 is 0 Å². The molecule has 2 fully saturated rings. The van der Waals surface area contributed by atoms with E-state index in [0.717, 1.165) is 37.7 Å². The number of fused-ring (bicyclic) bond motifs is 2. The summed E-state index contributed by atoms with van der Waals surface area (Å²) in [6.07, 6.45) is 1.37. The van der Waals surface area contributed by atoms with Gasteiger partial charge in [-0.05, 0) is 30.4 Å². The number of aliphatic hydroxyl groups is 2. The zero-order valence-electron chi connectivity index (χ0n) is 29.4. The quantitative estimate of drug-likeness (QED) is 0.0598. The van der Waals surface area contributed by atoms with Crippen molar-refractivity contribution in [2.75, 3.05) is 6.61 Å². The first-order chi connectivity index (χ1) is 23.7. The molecule has 2 saturated heterocycles. The molecule has 0 radical (unpaired) electrons. The molecule has 5 N–H and O–H groups in total. The Kier molecular flexibility index (Phi) is 15.0. The Morgan fingerprint density at radius 1 is 0.880 bits per heavy atom. The highest BCUT2D eigenvalue weighted by Crippen LogP contribution is 2.56. The third kappa shape index (κ3) is 8.74. The number of aliphatic hydroxyl groups excluding tert-OH is 2. The number of benzene rings is 1. The number of carboxylic acids is 3. The van der Waals surface area contributed by atoms with Crippen molar-refractivity contribution in [3.05, 3.63) is 48.0 Å². The number of aliphatic carboxylic acids is 3. The van der Waals surface area contributed by atoms with Crippen molar-refractivity contribution >= 4 is 23.9 Å². The number of carbonyl (C=O) groups is 4. The Balaban J connectivity index is 1.81. The van der Waals surface area contributed by atoms with Crippen molar-refractivity contribution in [1.29, 1.82) is 0 Å². The molecule has 0 aliphatic carbocycles. The maximum atomic E-state index is 13.0. The van der Waals surface area contributed by atoms with Crippen LogP contribution in [0, 0.1) is 5.92 Å². The van der Waals surface area contributed by atoms with Gasteiger partial charge in [0.2, 0.25) is 17.3 Å². The van der Waals surface area contributed by atoms with Crippen molar-refractivity contribution in [1.82, 2.24) is 0 Å². The van der Waals surface area contributed by atoms with Crippen LogP contribution in [0.15, 0.2) is 42.5 Å². The van der Waals surface area contributed by atoms with Crippen molar-refractivity contribution in [2.45, 2.75) is 146 Å². The number of carboxylic acid groups (broad SMARTS) is 3. The van der Waals surface area contributed by atoms with Crippen LogP contribution in [0.4, 0.5) is 0 Å². The molecule has 0 amide bonds. The summed E-state index contributed by atoms with van der Waals surface area (Å²) in [7, 11) is 0. The normalized spacial score (nSPS) is 28.5. The molecule has 0 saturated carbocycles. The Bertz CT molecular complexity index is 1320. The molecule has 50 heavy (non-hydrogen) atoms. The molecule has 0 aromatic heterocycles. The summed E-state index contributed by atoms with van der Waals surface area (Å²) in [5, 5.41) is 53.8. The van der Waals surface area contributed by atoms with Gasteiger partial charge in [0.1, 0.15) is 18.3 Å². The SMILES string of the molecule is C=C(CC[C@]12O[C@H](C(=O)O)[C@@](OCCCCCCCCCCCC)(C(=O)O)[C@](C(=O)O)(O1)[C@H](O)[C@H]2O)[C@@H](OC(C)=O)[C@H](C)Cc1ccccc1. The van der Waals surface area contributed by atoms with Crippen LogP contribution in [0.5, 0.6) is 0 Å². The van der Waals surface area contributed by atoms with Crippen LogP contribution in [-0.2, 0) is 44.5 Å². The van der Waals surface area contributed by atoms with E-state index in [1.807, 2.05) is 37.3 Å². The summed E-state index contributed by atoms with van der Waals surface area (Å²) in [4.78, 5) is 50.7. The van der Waals surface area contributed by atoms with E-state index in [9.17, 15) is 44.7 Å². The predicted octanol–water partition coefficient (Wildman–Crippen LogP) is 4.65. The highest BCUT2D eigenvalue weighted by Gasteiger charge is 2.85. The van der Waals surface area contributed by atoms with E-state index in [1.54, 1.807) is 0 Å². The molecule has 1 aromatic carbocycles. The zero-order valence-corrected chi connectivity index (χ0v) is 29.4. The van der Waals surface area contributed by atoms with Gasteiger partial charge in [-0.15, -0.1) is 0 Å². The third-order valence-electron chi connectivity index (χ3n) is 9.83. The van der Waals surface area contributed by atoms with Crippen molar-refractivity contribution in [2.24, 2.45) is 5.92 Å². The maximum absolute atomic E-state index is 13.0. The molecule has 1 aromatic rings. The number of hydrogen-bond donors (Lipinski definition) is 5. The van der Waals surface area contributed by atoms with Crippen LogP contribution >= 0.6 is 0 Å². The number of ether oxygens (including phenoxy) is 4. The molecule has 13 nitrogen and oxygen atoms in total. The summed E-state index contributed by atoms with van der Waals surface area (Å²) in [6.45, 7) is 8.91. The minimum Gasteiger partial charge on any atom is -0.479 e. The molecule has 13 heteroatoms. The first kappa shape index (κ1) is 41.1. The molecule has 2 bridgehead atoms. The molecular formula is C37H54O13. The minimum atomic E-state index is -3.27. The average Bonchev–Trinajstić information content (AvgIpc) is 3.26. The van der Waals surface area contributed by atoms with Gasteiger partial charge in [-0.3, -0.25) is 4.79 Å². The lowest BCUT2D eigenvalue weighted by molar-refractivity contribution is -0.380. The Labute approximate surface area is 293 Å². The fourth-order valence-corrected chi connectivity index (χ4v) is 7.22. The van der Waals surface area contributed by atoms with Crippen LogP contribution in [0.2, 0.25) is 0 Å². The third-order valence-corrected chi connectivity index (χ3v) is 9.83. The molecular weight excluding hydrogens is 652 g/mol. The molecule has 2 aliphatic heterocycles. The highest BCUT2D eigenvalue weighted by atomic mass is 16.8. The Morgan fingerprint density at radius 3 is 1.98 bits per heavy atom. The van der Waals surface area contributed by atoms with Crippen molar-refractivity contribution in [3.8, 4) is 0 Å². The Morgan fingerprint density at radius 2 is 1.46 bits per heavy atom. The van der Waals surface area contributed by atoms with E-state index in [0.29, 0.717) is 18.4 Å². The van der Waals surface area contributed by atoms with Gasteiger partial charge in [0.05, 0.1) is 0 Å². The van der Waals surface area contributed by atoms with Gasteiger partial charge in [0.15, 0.2) is 5.79 Å². The van der Waals surface area contributed by atoms with Gasteiger partial charge in [0.25, 0.3) is 0 Å². The summed E-state index contributed by atoms with van der Waals surface area (Å²) < 4.78 is 22.8. The number of unbranched alkanes of at least 4 members (excludes halogenated alkanes) is 9. The van der Waals surface area contributed by atoms with Gasteiger partial charge >= 0.3 is 23.9 Å². The average molecular weight is 707 g/mol. The van der Waals surface area contributed by atoms with Gasteiger partial charge in [0, 0.05) is 25.9 Å². The fraction of sp³-hybridized carbons (Fsp3) is 0.676. The highest BCUT2D eigenvalue weighted by molar-refractivity contribution is 5.98. The molecule has 2 heterocycles. The van der Waals surface area contributed by atoms with Crippen molar-refractivity contribution in [3.63, 3.8) is 0 Å². The lowest BCUT2D eigenvalue weighted by Gasteiger charge is -2.50. The van der Waals surface area contributed by atoms with Gasteiger partial charge in [-0.2, -0.15) is 0 Å². The zero-order chi connectivity index (χ0) is 37.1. The fourth-order valence-electron chi connectivity index (χ4n) is 7.22. The van der Waals surface area contributed by atoms with E-state index in [4.69, 9.17) is 18.9 Å². The van der Waals surface area contributed by atoms with E-state index in [1.165, 1.54) is 26.2 Å². The number of rotatable bonds is 23. The van der Waals surface area contributed by atoms with E-state index in [2.05, 4.69) is 13.5 Å². The number of esters is 1. The standard InChI is InChI=1S/C37H54O13/c1-5-6-7-8-9-10-11-12-13-17-22-47-37(34(45)46)31(32(41)42)49-35(29(39)30(40)36(37,50-35)33(43)44)21-20-24(2)28(48-26(4)38)25(3)23-27-18-15-14-16-19-27/h14-16,18-19,25,28-31,39-40H,2,5-13,17,20-23H2,1,3-4H3,(H,41,42)(H,43,44)(H,45,46)/t25-,28-,29-,30-,31-,35+,36+,37-/m1/s1. The molecule has 0 unspecified atom stereocenters. The maximum Gasteiger partial charge on any atom is 0.343 e. The van der Waals surface area contributed by atoms with Crippen LogP contribution in [0.25, 0.3) is 0 Å². The summed E-state index contributed by atoms with van der Waals surface area (Å²) in [5.41, 5.74) is -5.25. The summed E-state index contributed by atoms with van der Waals surface area (Å²) >= 11 is 0. The molecule has 8 atom stereocenters. The monoisotopic (exact) mass is 706 g/mol.